The van der Waals surface area contributed by atoms with E-state index in [2.05, 4.69) is 49.0 Å². The quantitative estimate of drug-likeness (QED) is 0.416. The zero-order valence-electron chi connectivity index (χ0n) is 20.4. The molecule has 0 amide bonds. The predicted octanol–water partition coefficient (Wildman–Crippen LogP) is 3.22. The Bertz CT molecular complexity index is 1330. The number of nitrogens with one attached hydrogen (secondary N) is 1. The van der Waals surface area contributed by atoms with Crippen LogP contribution >= 0.6 is 0 Å². The molecule has 2 aliphatic heterocycles. The fourth-order valence-electron chi connectivity index (χ4n) is 5.30. The van der Waals surface area contributed by atoms with Crippen molar-refractivity contribution in [3.8, 4) is 17.1 Å². The minimum absolute atomic E-state index is 0.240. The number of piperidine rings is 1. The van der Waals surface area contributed by atoms with Crippen LogP contribution in [-0.4, -0.2) is 68.4 Å². The zero-order chi connectivity index (χ0) is 24.3. The summed E-state index contributed by atoms with van der Waals surface area (Å²) < 4.78 is 8.17. The molecule has 0 radical (unpaired) electrons. The number of aliphatic hydroxyl groups excluding tert-OH is 1. The number of aliphatic hydroxyl groups is 1. The number of hydrogen-bond acceptors (Lipinski definition) is 7. The first-order chi connectivity index (χ1) is 17.7. The van der Waals surface area contributed by atoms with Gasteiger partial charge in [-0.25, -0.2) is 15.0 Å². The van der Waals surface area contributed by atoms with Crippen molar-refractivity contribution in [2.24, 2.45) is 0 Å². The van der Waals surface area contributed by atoms with Gasteiger partial charge in [0, 0.05) is 31.2 Å². The number of β-amino-alcohol motifs (C(OH)–C–C–N with tert-alkyl or cyclic N) is 1. The van der Waals surface area contributed by atoms with Crippen molar-refractivity contribution >= 4 is 11.2 Å². The third kappa shape index (κ3) is 4.97. The summed E-state index contributed by atoms with van der Waals surface area (Å²) in [5.41, 5.74) is 5.33. The van der Waals surface area contributed by atoms with Crippen LogP contribution in [0.5, 0.6) is 5.75 Å². The fraction of sp³-hybridized carbons (Fsp3) is 0.393. The van der Waals surface area contributed by atoms with Crippen LogP contribution in [0.1, 0.15) is 30.0 Å². The molecule has 186 valence electrons. The minimum atomic E-state index is -0.564. The van der Waals surface area contributed by atoms with Crippen LogP contribution in [0.3, 0.4) is 0 Å². The highest BCUT2D eigenvalue weighted by Gasteiger charge is 2.20. The zero-order valence-corrected chi connectivity index (χ0v) is 20.4. The molecule has 2 N–H and O–H groups in total. The van der Waals surface area contributed by atoms with Gasteiger partial charge in [-0.1, -0.05) is 36.4 Å². The van der Waals surface area contributed by atoms with Crippen LogP contribution in [0.2, 0.25) is 0 Å². The topological polar surface area (TPSA) is 88.3 Å². The molecule has 4 aromatic rings. The lowest BCUT2D eigenvalue weighted by Crippen LogP contribution is -2.38. The van der Waals surface area contributed by atoms with Gasteiger partial charge in [0.2, 0.25) is 0 Å². The van der Waals surface area contributed by atoms with Gasteiger partial charge in [0.05, 0.1) is 12.5 Å². The number of fused-ring (bicyclic) bond motifs is 2. The van der Waals surface area contributed by atoms with Gasteiger partial charge in [0.15, 0.2) is 11.5 Å². The Morgan fingerprint density at radius 2 is 1.92 bits per heavy atom. The van der Waals surface area contributed by atoms with Gasteiger partial charge in [-0.2, -0.15) is 0 Å². The number of rotatable bonds is 7. The molecule has 4 heterocycles. The van der Waals surface area contributed by atoms with E-state index in [9.17, 15) is 5.11 Å². The van der Waals surface area contributed by atoms with Crippen LogP contribution < -0.4 is 10.1 Å². The summed E-state index contributed by atoms with van der Waals surface area (Å²) in [6.07, 6.45) is 6.28. The van der Waals surface area contributed by atoms with Crippen molar-refractivity contribution in [1.29, 1.82) is 0 Å². The Labute approximate surface area is 211 Å². The third-order valence-electron chi connectivity index (χ3n) is 7.23. The van der Waals surface area contributed by atoms with E-state index >= 15 is 0 Å². The lowest BCUT2D eigenvalue weighted by molar-refractivity contribution is 0.0638. The molecule has 8 nitrogen and oxygen atoms in total. The molecule has 2 aliphatic rings. The Kier molecular flexibility index (Phi) is 6.63. The summed E-state index contributed by atoms with van der Waals surface area (Å²) in [5, 5.41) is 14.1. The molecule has 2 aromatic carbocycles. The highest BCUT2D eigenvalue weighted by atomic mass is 16.5. The Balaban J connectivity index is 1.11. The molecule has 1 saturated heterocycles. The van der Waals surface area contributed by atoms with Crippen molar-refractivity contribution in [1.82, 2.24) is 29.7 Å². The van der Waals surface area contributed by atoms with Gasteiger partial charge in [0.1, 0.15) is 24.0 Å². The van der Waals surface area contributed by atoms with Gasteiger partial charge in [0.25, 0.3) is 0 Å². The van der Waals surface area contributed by atoms with Crippen molar-refractivity contribution in [3.63, 3.8) is 0 Å². The molecule has 0 spiro atoms. The number of benzene rings is 2. The second-order valence-electron chi connectivity index (χ2n) is 9.78. The average molecular weight is 485 g/mol. The predicted molar refractivity (Wildman–Crippen MR) is 139 cm³/mol. The first-order valence-corrected chi connectivity index (χ1v) is 12.8. The largest absolute Gasteiger partial charge is 0.491 e. The van der Waals surface area contributed by atoms with Crippen LogP contribution in [0, 0.1) is 0 Å². The summed E-state index contributed by atoms with van der Waals surface area (Å²) >= 11 is 0. The maximum absolute atomic E-state index is 10.6. The molecule has 0 saturated carbocycles. The van der Waals surface area contributed by atoms with Crippen LogP contribution in [0.25, 0.3) is 22.6 Å². The van der Waals surface area contributed by atoms with E-state index in [-0.39, 0.29) is 6.61 Å². The Hall–Kier alpha value is -3.33. The molecule has 1 fully saturated rings. The number of ether oxygens (including phenoxy) is 1. The smallest absolute Gasteiger partial charge is 0.164 e. The van der Waals surface area contributed by atoms with Crippen molar-refractivity contribution in [2.75, 3.05) is 32.8 Å². The van der Waals surface area contributed by atoms with Crippen LogP contribution in [-0.2, 0) is 13.0 Å². The van der Waals surface area contributed by atoms with E-state index in [1.807, 2.05) is 30.6 Å². The van der Waals surface area contributed by atoms with E-state index in [0.29, 0.717) is 24.2 Å². The molecule has 36 heavy (non-hydrogen) atoms. The second-order valence-corrected chi connectivity index (χ2v) is 9.78. The standard InChI is InChI=1S/C28H32N6O2/c35-24(17-33-13-10-20-4-1-2-5-22(20)16-33)18-36-25-7-3-6-21(14-25)27-30-15-26-28(32-27)34(19-31-26)23-8-11-29-12-9-23/h1-7,14-15,19,23-24,29,35H,8-13,16-18H2. The number of imidazole rings is 1. The van der Waals surface area contributed by atoms with Gasteiger partial charge in [-0.3, -0.25) is 4.90 Å². The highest BCUT2D eigenvalue weighted by Crippen LogP contribution is 2.26. The minimum Gasteiger partial charge on any atom is -0.491 e. The Morgan fingerprint density at radius 1 is 1.06 bits per heavy atom. The van der Waals surface area contributed by atoms with E-state index < -0.39 is 6.10 Å². The summed E-state index contributed by atoms with van der Waals surface area (Å²) in [4.78, 5) is 16.2. The van der Waals surface area contributed by atoms with Crippen molar-refractivity contribution in [2.45, 2.75) is 38.0 Å². The molecule has 1 atom stereocenters. The van der Waals surface area contributed by atoms with Crippen LogP contribution in [0.4, 0.5) is 0 Å². The summed E-state index contributed by atoms with van der Waals surface area (Å²) in [5.74, 6) is 1.35. The molecule has 0 bridgehead atoms. The van der Waals surface area contributed by atoms with E-state index in [4.69, 9.17) is 9.72 Å². The van der Waals surface area contributed by atoms with Crippen LogP contribution in [0.15, 0.2) is 61.1 Å². The average Bonchev–Trinajstić information content (AvgIpc) is 3.36. The summed E-state index contributed by atoms with van der Waals surface area (Å²) in [6.45, 7) is 4.68. The monoisotopic (exact) mass is 484 g/mol. The Morgan fingerprint density at radius 3 is 2.81 bits per heavy atom. The molecule has 1 unspecified atom stereocenters. The van der Waals surface area contributed by atoms with E-state index in [1.165, 1.54) is 11.1 Å². The molecule has 8 heteroatoms. The number of hydrogen-bond donors (Lipinski definition) is 2. The SMILES string of the molecule is OC(COc1cccc(-c2ncc3ncn(C4CCNCC4)c3n2)c1)CN1CCc2ccccc2C1. The fourth-order valence-corrected chi connectivity index (χ4v) is 5.30. The van der Waals surface area contributed by atoms with Crippen molar-refractivity contribution in [3.05, 3.63) is 72.2 Å². The summed E-state index contributed by atoms with van der Waals surface area (Å²) in [7, 11) is 0. The van der Waals surface area contributed by atoms with Gasteiger partial charge in [-0.05, 0) is 55.6 Å². The molecule has 0 aliphatic carbocycles. The normalized spacial score (nSPS) is 17.7. The van der Waals surface area contributed by atoms with Crippen molar-refractivity contribution < 1.29 is 9.84 Å². The highest BCUT2D eigenvalue weighted by molar-refractivity contribution is 5.73. The first-order valence-electron chi connectivity index (χ1n) is 12.8. The maximum atomic E-state index is 10.6. The molecule has 2 aromatic heterocycles. The number of aromatic nitrogens is 4. The van der Waals surface area contributed by atoms with E-state index in [0.717, 1.165) is 62.2 Å². The molecular formula is C28H32N6O2. The first kappa shape index (κ1) is 23.1. The molecular weight excluding hydrogens is 452 g/mol. The summed E-state index contributed by atoms with van der Waals surface area (Å²) in [6, 6.07) is 16.7. The lowest BCUT2D eigenvalue weighted by Gasteiger charge is -2.30. The van der Waals surface area contributed by atoms with Gasteiger partial charge in [-0.15, -0.1) is 0 Å². The van der Waals surface area contributed by atoms with Gasteiger partial charge < -0.3 is 19.7 Å². The maximum Gasteiger partial charge on any atom is 0.164 e. The van der Waals surface area contributed by atoms with Gasteiger partial charge >= 0.3 is 0 Å². The third-order valence-corrected chi connectivity index (χ3v) is 7.23. The lowest BCUT2D eigenvalue weighted by atomic mass is 10.00. The second kappa shape index (κ2) is 10.3. The molecule has 6 rings (SSSR count). The number of nitrogens with zero attached hydrogens (tertiary/aromatic N) is 5. The van der Waals surface area contributed by atoms with E-state index in [1.54, 1.807) is 6.20 Å².